The predicted molar refractivity (Wildman–Crippen MR) is 73.5 cm³/mol. The zero-order valence-electron chi connectivity index (χ0n) is 10.9. The van der Waals surface area contributed by atoms with Crippen LogP contribution in [0.4, 0.5) is 5.69 Å². The minimum Gasteiger partial charge on any atom is -0.495 e. The molecule has 0 radical (unpaired) electrons. The Labute approximate surface area is 113 Å². The average Bonchev–Trinajstić information content (AvgIpc) is 2.38. The van der Waals surface area contributed by atoms with Gasteiger partial charge in [0.25, 0.3) is 0 Å². The topological polar surface area (TPSA) is 102 Å². The molecule has 108 valence electrons. The number of hydrogen-bond acceptors (Lipinski definition) is 5. The smallest absolute Gasteiger partial charge is 0.240 e. The van der Waals surface area contributed by atoms with Crippen molar-refractivity contribution in [2.24, 2.45) is 0 Å². The fourth-order valence-corrected chi connectivity index (χ4v) is 2.65. The van der Waals surface area contributed by atoms with Crippen molar-refractivity contribution in [1.82, 2.24) is 4.72 Å². The lowest BCUT2D eigenvalue weighted by molar-refractivity contribution is 0.283. The molecule has 0 aliphatic carbocycles. The molecule has 0 aromatic heterocycles. The summed E-state index contributed by atoms with van der Waals surface area (Å²) in [5, 5.41) is 8.62. The molecule has 4 N–H and O–H groups in total. The molecule has 6 nitrogen and oxygen atoms in total. The Balaban J connectivity index is 2.67. The number of nitrogens with two attached hydrogens (primary N) is 1. The van der Waals surface area contributed by atoms with Crippen LogP contribution < -0.4 is 15.2 Å². The highest BCUT2D eigenvalue weighted by atomic mass is 32.2. The highest BCUT2D eigenvalue weighted by Crippen LogP contribution is 2.24. The molecule has 0 aliphatic rings. The normalized spacial score (nSPS) is 11.5. The van der Waals surface area contributed by atoms with Gasteiger partial charge in [0.1, 0.15) is 5.75 Å². The monoisotopic (exact) mass is 288 g/mol. The maximum absolute atomic E-state index is 12.0. The van der Waals surface area contributed by atoms with E-state index in [0.717, 1.165) is 6.42 Å². The van der Waals surface area contributed by atoms with Crippen LogP contribution in [0.3, 0.4) is 0 Å². The number of ether oxygens (including phenoxy) is 1. The Morgan fingerprint density at radius 2 is 2.05 bits per heavy atom. The fraction of sp³-hybridized carbons (Fsp3) is 0.500. The number of nitrogens with one attached hydrogen (secondary N) is 1. The summed E-state index contributed by atoms with van der Waals surface area (Å²) >= 11 is 0. The molecule has 19 heavy (non-hydrogen) atoms. The van der Waals surface area contributed by atoms with Gasteiger partial charge in [-0.3, -0.25) is 0 Å². The molecule has 0 unspecified atom stereocenters. The quantitative estimate of drug-likeness (QED) is 0.483. The van der Waals surface area contributed by atoms with Crippen molar-refractivity contribution in [3.05, 3.63) is 18.2 Å². The summed E-state index contributed by atoms with van der Waals surface area (Å²) in [5.74, 6) is 0.336. The molecular formula is C12H20N2O4S. The number of unbranched alkanes of at least 4 members (excludes halogenated alkanes) is 2. The van der Waals surface area contributed by atoms with Gasteiger partial charge in [-0.05, 0) is 31.4 Å². The van der Waals surface area contributed by atoms with Crippen LogP contribution in [0.25, 0.3) is 0 Å². The lowest BCUT2D eigenvalue weighted by atomic mass is 10.2. The van der Waals surface area contributed by atoms with Crippen molar-refractivity contribution in [3.8, 4) is 5.75 Å². The van der Waals surface area contributed by atoms with Gasteiger partial charge in [0.15, 0.2) is 0 Å². The van der Waals surface area contributed by atoms with E-state index in [4.69, 9.17) is 15.6 Å². The molecule has 0 heterocycles. The average molecular weight is 288 g/mol. The van der Waals surface area contributed by atoms with Crippen LogP contribution in [-0.2, 0) is 10.0 Å². The van der Waals surface area contributed by atoms with Crippen molar-refractivity contribution in [2.75, 3.05) is 26.0 Å². The molecule has 0 aliphatic heterocycles. The summed E-state index contributed by atoms with van der Waals surface area (Å²) in [7, 11) is -2.11. The predicted octanol–water partition coefficient (Wildman–Crippen LogP) is 0.718. The summed E-state index contributed by atoms with van der Waals surface area (Å²) in [4.78, 5) is 0.126. The summed E-state index contributed by atoms with van der Waals surface area (Å²) in [6.07, 6.45) is 2.15. The minimum absolute atomic E-state index is 0.126. The van der Waals surface area contributed by atoms with E-state index in [1.807, 2.05) is 0 Å². The first-order valence-corrected chi connectivity index (χ1v) is 7.53. The summed E-state index contributed by atoms with van der Waals surface area (Å²) in [6.45, 7) is 0.469. The molecule has 1 aromatic rings. The van der Waals surface area contributed by atoms with E-state index in [1.54, 1.807) is 0 Å². The molecule has 0 saturated heterocycles. The lowest BCUT2D eigenvalue weighted by Crippen LogP contribution is -2.24. The van der Waals surface area contributed by atoms with Crippen molar-refractivity contribution in [3.63, 3.8) is 0 Å². The van der Waals surface area contributed by atoms with Crippen LogP contribution in [0.2, 0.25) is 0 Å². The summed E-state index contributed by atoms with van der Waals surface area (Å²) in [5.41, 5.74) is 6.03. The zero-order chi connectivity index (χ0) is 14.3. The van der Waals surface area contributed by atoms with E-state index in [0.29, 0.717) is 30.8 Å². The summed E-state index contributed by atoms with van der Waals surface area (Å²) < 4.78 is 31.5. The highest BCUT2D eigenvalue weighted by molar-refractivity contribution is 7.89. The van der Waals surface area contributed by atoms with Gasteiger partial charge in [-0.25, -0.2) is 13.1 Å². The van der Waals surface area contributed by atoms with Crippen molar-refractivity contribution in [1.29, 1.82) is 0 Å². The molecule has 7 heteroatoms. The Morgan fingerprint density at radius 1 is 1.32 bits per heavy atom. The fourth-order valence-electron chi connectivity index (χ4n) is 1.56. The lowest BCUT2D eigenvalue weighted by Gasteiger charge is -2.09. The Bertz CT molecular complexity index is 502. The van der Waals surface area contributed by atoms with Gasteiger partial charge < -0.3 is 15.6 Å². The highest BCUT2D eigenvalue weighted by Gasteiger charge is 2.15. The molecule has 0 spiro atoms. The molecule has 1 aromatic carbocycles. The number of rotatable bonds is 8. The number of anilines is 1. The van der Waals surface area contributed by atoms with Gasteiger partial charge in [-0.1, -0.05) is 0 Å². The molecule has 0 bridgehead atoms. The van der Waals surface area contributed by atoms with E-state index in [9.17, 15) is 8.42 Å². The number of methoxy groups -OCH3 is 1. The number of aliphatic hydroxyl groups excluding tert-OH is 1. The number of hydrogen-bond donors (Lipinski definition) is 3. The van der Waals surface area contributed by atoms with Gasteiger partial charge in [0.2, 0.25) is 10.0 Å². The first-order chi connectivity index (χ1) is 9.01. The van der Waals surface area contributed by atoms with Gasteiger partial charge in [0.05, 0.1) is 17.7 Å². The SMILES string of the molecule is COc1cc(S(=O)(=O)NCCCCCO)ccc1N. The standard InChI is InChI=1S/C12H20N2O4S/c1-18-12-9-10(5-6-11(12)13)19(16,17)14-7-3-2-4-8-15/h5-6,9,14-15H,2-4,7-8,13H2,1H3. The maximum atomic E-state index is 12.0. The van der Waals surface area contributed by atoms with E-state index in [1.165, 1.54) is 25.3 Å². The van der Waals surface area contributed by atoms with E-state index in [-0.39, 0.29) is 11.5 Å². The van der Waals surface area contributed by atoms with Gasteiger partial charge in [0, 0.05) is 19.2 Å². The Kier molecular flexibility index (Phi) is 6.07. The van der Waals surface area contributed by atoms with Crippen LogP contribution in [0, 0.1) is 0 Å². The van der Waals surface area contributed by atoms with Crippen LogP contribution in [0.1, 0.15) is 19.3 Å². The molecule has 0 fully saturated rings. The molecule has 0 atom stereocenters. The Hall–Kier alpha value is -1.31. The van der Waals surface area contributed by atoms with Crippen LogP contribution >= 0.6 is 0 Å². The van der Waals surface area contributed by atoms with Crippen molar-refractivity contribution in [2.45, 2.75) is 24.2 Å². The van der Waals surface area contributed by atoms with Gasteiger partial charge in [-0.2, -0.15) is 0 Å². The zero-order valence-corrected chi connectivity index (χ0v) is 11.7. The number of nitrogen functional groups attached to an aromatic ring is 1. The second-order valence-corrected chi connectivity index (χ2v) is 5.85. The maximum Gasteiger partial charge on any atom is 0.240 e. The van der Waals surface area contributed by atoms with Crippen molar-refractivity contribution >= 4 is 15.7 Å². The first kappa shape index (κ1) is 15.7. The third-order valence-electron chi connectivity index (χ3n) is 2.64. The van der Waals surface area contributed by atoms with Crippen LogP contribution in [0.5, 0.6) is 5.75 Å². The number of sulfonamides is 1. The number of aliphatic hydroxyl groups is 1. The van der Waals surface area contributed by atoms with Gasteiger partial charge >= 0.3 is 0 Å². The largest absolute Gasteiger partial charge is 0.495 e. The van der Waals surface area contributed by atoms with E-state index in [2.05, 4.69) is 4.72 Å². The molecule has 0 saturated carbocycles. The third kappa shape index (κ3) is 4.70. The molecular weight excluding hydrogens is 268 g/mol. The van der Waals surface area contributed by atoms with Crippen molar-refractivity contribution < 1.29 is 18.3 Å². The number of benzene rings is 1. The van der Waals surface area contributed by atoms with Crippen LogP contribution in [0.15, 0.2) is 23.1 Å². The Morgan fingerprint density at radius 3 is 2.68 bits per heavy atom. The second kappa shape index (κ2) is 7.32. The molecule has 0 amide bonds. The molecule has 1 rings (SSSR count). The first-order valence-electron chi connectivity index (χ1n) is 6.05. The van der Waals surface area contributed by atoms with Gasteiger partial charge in [-0.15, -0.1) is 0 Å². The van der Waals surface area contributed by atoms with E-state index >= 15 is 0 Å². The third-order valence-corrected chi connectivity index (χ3v) is 4.10. The van der Waals surface area contributed by atoms with Crippen LogP contribution in [-0.4, -0.2) is 33.8 Å². The van der Waals surface area contributed by atoms with E-state index < -0.39 is 10.0 Å². The minimum atomic E-state index is -3.54. The second-order valence-electron chi connectivity index (χ2n) is 4.09. The summed E-state index contributed by atoms with van der Waals surface area (Å²) in [6, 6.07) is 4.33.